The zero-order valence-electron chi connectivity index (χ0n) is 13.0. The molecule has 4 nitrogen and oxygen atoms in total. The summed E-state index contributed by atoms with van der Waals surface area (Å²) in [6, 6.07) is 6.16. The van der Waals surface area contributed by atoms with Crippen molar-refractivity contribution < 1.29 is 9.53 Å². The summed E-state index contributed by atoms with van der Waals surface area (Å²) in [6.45, 7) is 7.60. The molecule has 1 aromatic rings. The molecule has 4 heteroatoms. The molecule has 1 amide bonds. The number of hydrogen-bond donors (Lipinski definition) is 1. The Labute approximate surface area is 121 Å². The van der Waals surface area contributed by atoms with E-state index in [1.165, 1.54) is 5.56 Å². The molecule has 0 aliphatic rings. The van der Waals surface area contributed by atoms with Crippen LogP contribution in [-0.2, 0) is 4.79 Å². The number of carbonyl (C=O) groups excluding carboxylic acids is 1. The fourth-order valence-corrected chi connectivity index (χ4v) is 1.83. The van der Waals surface area contributed by atoms with Gasteiger partial charge in [-0.1, -0.05) is 26.0 Å². The average molecular weight is 278 g/mol. The van der Waals surface area contributed by atoms with Crippen LogP contribution in [0.5, 0.6) is 5.75 Å². The molecule has 0 aromatic heterocycles. The number of amides is 1. The Morgan fingerprint density at radius 2 is 2.10 bits per heavy atom. The van der Waals surface area contributed by atoms with E-state index in [0.29, 0.717) is 19.0 Å². The first-order valence-electron chi connectivity index (χ1n) is 7.13. The topological polar surface area (TPSA) is 55.6 Å². The van der Waals surface area contributed by atoms with Gasteiger partial charge in [-0.25, -0.2) is 0 Å². The number of carbonyl (C=O) groups is 1. The van der Waals surface area contributed by atoms with Gasteiger partial charge in [0.15, 0.2) is 6.61 Å². The third kappa shape index (κ3) is 4.85. The summed E-state index contributed by atoms with van der Waals surface area (Å²) in [5, 5.41) is 0. The quantitative estimate of drug-likeness (QED) is 0.832. The van der Waals surface area contributed by atoms with Crippen molar-refractivity contribution in [3.8, 4) is 5.75 Å². The van der Waals surface area contributed by atoms with Crippen molar-refractivity contribution in [1.82, 2.24) is 4.90 Å². The van der Waals surface area contributed by atoms with Gasteiger partial charge < -0.3 is 15.4 Å². The lowest BCUT2D eigenvalue weighted by Crippen LogP contribution is -2.33. The molecule has 0 aliphatic carbocycles. The third-order valence-corrected chi connectivity index (χ3v) is 3.35. The van der Waals surface area contributed by atoms with Crippen LogP contribution >= 0.6 is 0 Å². The van der Waals surface area contributed by atoms with Crippen LogP contribution in [0, 0.1) is 6.92 Å². The summed E-state index contributed by atoms with van der Waals surface area (Å²) < 4.78 is 5.67. The second kappa shape index (κ2) is 7.90. The van der Waals surface area contributed by atoms with Crippen LogP contribution in [0.1, 0.15) is 37.3 Å². The van der Waals surface area contributed by atoms with Crippen molar-refractivity contribution in [1.29, 1.82) is 0 Å². The SMILES string of the molecule is Cc1ccc(C(C)C)cc1OCC(=O)N(C)CCCN. The average Bonchev–Trinajstić information content (AvgIpc) is 2.43. The first kappa shape index (κ1) is 16.5. The minimum absolute atomic E-state index is 0.0206. The monoisotopic (exact) mass is 278 g/mol. The Hall–Kier alpha value is -1.55. The van der Waals surface area contributed by atoms with E-state index in [-0.39, 0.29) is 12.5 Å². The van der Waals surface area contributed by atoms with Gasteiger partial charge in [-0.05, 0) is 43.0 Å². The fourth-order valence-electron chi connectivity index (χ4n) is 1.83. The van der Waals surface area contributed by atoms with Gasteiger partial charge in [0.1, 0.15) is 5.75 Å². The molecule has 0 radical (unpaired) electrons. The zero-order chi connectivity index (χ0) is 15.1. The van der Waals surface area contributed by atoms with Gasteiger partial charge in [0, 0.05) is 13.6 Å². The molecule has 0 saturated heterocycles. The first-order valence-corrected chi connectivity index (χ1v) is 7.13. The molecule has 2 N–H and O–H groups in total. The number of benzene rings is 1. The molecule has 1 rings (SSSR count). The minimum Gasteiger partial charge on any atom is -0.483 e. The molecule has 0 fully saturated rings. The van der Waals surface area contributed by atoms with Crippen molar-refractivity contribution in [2.75, 3.05) is 26.7 Å². The highest BCUT2D eigenvalue weighted by atomic mass is 16.5. The molecule has 1 aromatic carbocycles. The summed E-state index contributed by atoms with van der Waals surface area (Å²) >= 11 is 0. The number of aryl methyl sites for hydroxylation is 1. The van der Waals surface area contributed by atoms with Gasteiger partial charge in [-0.3, -0.25) is 4.79 Å². The van der Waals surface area contributed by atoms with Gasteiger partial charge in [0.2, 0.25) is 0 Å². The highest BCUT2D eigenvalue weighted by Crippen LogP contribution is 2.24. The highest BCUT2D eigenvalue weighted by Gasteiger charge is 2.11. The van der Waals surface area contributed by atoms with E-state index in [2.05, 4.69) is 19.9 Å². The summed E-state index contributed by atoms with van der Waals surface area (Å²) in [6.07, 6.45) is 0.810. The smallest absolute Gasteiger partial charge is 0.260 e. The van der Waals surface area contributed by atoms with Crippen LogP contribution in [0.15, 0.2) is 18.2 Å². The van der Waals surface area contributed by atoms with Crippen LogP contribution in [0.25, 0.3) is 0 Å². The van der Waals surface area contributed by atoms with E-state index in [1.54, 1.807) is 11.9 Å². The number of likely N-dealkylation sites (N-methyl/N-ethyl adjacent to an activating group) is 1. The lowest BCUT2D eigenvalue weighted by Gasteiger charge is -2.18. The molecule has 0 atom stereocenters. The van der Waals surface area contributed by atoms with Gasteiger partial charge in [0.25, 0.3) is 5.91 Å². The molecular weight excluding hydrogens is 252 g/mol. The number of hydrogen-bond acceptors (Lipinski definition) is 3. The largest absolute Gasteiger partial charge is 0.483 e. The number of nitrogens with two attached hydrogens (primary N) is 1. The van der Waals surface area contributed by atoms with Crippen molar-refractivity contribution >= 4 is 5.91 Å². The summed E-state index contributed by atoms with van der Waals surface area (Å²) in [5.41, 5.74) is 7.70. The molecule has 0 bridgehead atoms. The van der Waals surface area contributed by atoms with Crippen molar-refractivity contribution in [2.45, 2.75) is 33.1 Å². The van der Waals surface area contributed by atoms with Gasteiger partial charge in [-0.15, -0.1) is 0 Å². The predicted molar refractivity (Wildman–Crippen MR) is 82.1 cm³/mol. The highest BCUT2D eigenvalue weighted by molar-refractivity contribution is 5.77. The van der Waals surface area contributed by atoms with Gasteiger partial charge in [0.05, 0.1) is 0 Å². The van der Waals surface area contributed by atoms with Gasteiger partial charge in [-0.2, -0.15) is 0 Å². The Balaban J connectivity index is 2.60. The first-order chi connectivity index (χ1) is 9.45. The molecular formula is C16H26N2O2. The Morgan fingerprint density at radius 3 is 2.70 bits per heavy atom. The maximum atomic E-state index is 11.9. The van der Waals surface area contributed by atoms with E-state index in [1.807, 2.05) is 19.1 Å². The standard InChI is InChI=1S/C16H26N2O2/c1-12(2)14-7-6-13(3)15(10-14)20-11-16(19)18(4)9-5-8-17/h6-7,10,12H,5,8-9,11,17H2,1-4H3. The molecule has 112 valence electrons. The lowest BCUT2D eigenvalue weighted by atomic mass is 10.0. The second-order valence-electron chi connectivity index (χ2n) is 5.43. The van der Waals surface area contributed by atoms with E-state index in [9.17, 15) is 4.79 Å². The normalized spacial score (nSPS) is 10.7. The van der Waals surface area contributed by atoms with Crippen molar-refractivity contribution in [3.05, 3.63) is 29.3 Å². The van der Waals surface area contributed by atoms with E-state index in [4.69, 9.17) is 10.5 Å². The Morgan fingerprint density at radius 1 is 1.40 bits per heavy atom. The van der Waals surface area contributed by atoms with Gasteiger partial charge >= 0.3 is 0 Å². The van der Waals surface area contributed by atoms with Crippen LogP contribution in [-0.4, -0.2) is 37.6 Å². The summed E-state index contributed by atoms with van der Waals surface area (Å²) in [5.74, 6) is 1.21. The predicted octanol–water partition coefficient (Wildman–Crippen LogP) is 2.30. The molecule has 0 saturated carbocycles. The second-order valence-corrected chi connectivity index (χ2v) is 5.43. The zero-order valence-corrected chi connectivity index (χ0v) is 13.0. The van der Waals surface area contributed by atoms with Crippen LogP contribution < -0.4 is 10.5 Å². The maximum Gasteiger partial charge on any atom is 0.260 e. The Bertz CT molecular complexity index is 444. The molecule has 20 heavy (non-hydrogen) atoms. The molecule has 0 heterocycles. The molecule has 0 spiro atoms. The number of rotatable bonds is 7. The third-order valence-electron chi connectivity index (χ3n) is 3.35. The summed E-state index contributed by atoms with van der Waals surface area (Å²) in [7, 11) is 1.78. The lowest BCUT2D eigenvalue weighted by molar-refractivity contribution is -0.132. The maximum absolute atomic E-state index is 11.9. The summed E-state index contributed by atoms with van der Waals surface area (Å²) in [4.78, 5) is 13.6. The minimum atomic E-state index is -0.0206. The number of nitrogens with zero attached hydrogens (tertiary/aromatic N) is 1. The van der Waals surface area contributed by atoms with Crippen LogP contribution in [0.3, 0.4) is 0 Å². The van der Waals surface area contributed by atoms with Crippen molar-refractivity contribution in [2.24, 2.45) is 5.73 Å². The van der Waals surface area contributed by atoms with Crippen molar-refractivity contribution in [3.63, 3.8) is 0 Å². The fraction of sp³-hybridized carbons (Fsp3) is 0.562. The van der Waals surface area contributed by atoms with E-state index < -0.39 is 0 Å². The number of ether oxygens (including phenoxy) is 1. The van der Waals surface area contributed by atoms with E-state index >= 15 is 0 Å². The Kier molecular flexibility index (Phi) is 6.52. The molecule has 0 aliphatic heterocycles. The van der Waals surface area contributed by atoms with Crippen LogP contribution in [0.2, 0.25) is 0 Å². The van der Waals surface area contributed by atoms with E-state index in [0.717, 1.165) is 17.7 Å². The molecule has 0 unspecified atom stereocenters. The van der Waals surface area contributed by atoms with Crippen LogP contribution in [0.4, 0.5) is 0 Å².